The number of hydrogen-bond donors (Lipinski definition) is 2. The summed E-state index contributed by atoms with van der Waals surface area (Å²) in [5, 5.41) is 6.83. The molecule has 4 nitrogen and oxygen atoms in total. The summed E-state index contributed by atoms with van der Waals surface area (Å²) in [6.45, 7) is 2.98. The van der Waals surface area contributed by atoms with Gasteiger partial charge in [0.2, 0.25) is 0 Å². The Labute approximate surface area is 108 Å². The van der Waals surface area contributed by atoms with Gasteiger partial charge in [-0.05, 0) is 37.8 Å². The Kier molecular flexibility index (Phi) is 2.39. The van der Waals surface area contributed by atoms with Gasteiger partial charge in [-0.3, -0.25) is 0 Å². The van der Waals surface area contributed by atoms with Crippen LogP contribution in [0.5, 0.6) is 0 Å². The van der Waals surface area contributed by atoms with E-state index in [1.165, 1.54) is 19.1 Å². The molecule has 0 spiro atoms. The smallest absolute Gasteiger partial charge is 0.177 e. The third-order valence-electron chi connectivity index (χ3n) is 3.96. The van der Waals surface area contributed by atoms with Crippen molar-refractivity contribution in [2.45, 2.75) is 30.2 Å². The molecule has 1 atom stereocenters. The third-order valence-corrected chi connectivity index (χ3v) is 5.10. The van der Waals surface area contributed by atoms with Crippen molar-refractivity contribution in [3.63, 3.8) is 0 Å². The Morgan fingerprint density at radius 1 is 1.33 bits per heavy atom. The zero-order chi connectivity index (χ0) is 13.0. The van der Waals surface area contributed by atoms with E-state index in [1.54, 1.807) is 12.1 Å². The second-order valence-electron chi connectivity index (χ2n) is 5.62. The number of benzene rings is 1. The van der Waals surface area contributed by atoms with E-state index in [0.717, 1.165) is 17.9 Å². The highest BCUT2D eigenvalue weighted by Gasteiger charge is 2.43. The summed E-state index contributed by atoms with van der Waals surface area (Å²) in [6, 6.07) is 5.39. The van der Waals surface area contributed by atoms with E-state index in [-0.39, 0.29) is 5.54 Å². The van der Waals surface area contributed by atoms with Crippen molar-refractivity contribution in [2.75, 3.05) is 23.4 Å². The zero-order valence-corrected chi connectivity index (χ0v) is 11.5. The minimum Gasteiger partial charge on any atom is -0.380 e. The number of hydrogen-bond acceptors (Lipinski definition) is 4. The van der Waals surface area contributed by atoms with Gasteiger partial charge in [0.05, 0.1) is 21.8 Å². The fourth-order valence-electron chi connectivity index (χ4n) is 2.72. The normalized spacial score (nSPS) is 27.0. The van der Waals surface area contributed by atoms with E-state index in [2.05, 4.69) is 17.6 Å². The van der Waals surface area contributed by atoms with Gasteiger partial charge in [0.15, 0.2) is 9.84 Å². The van der Waals surface area contributed by atoms with Gasteiger partial charge in [-0.25, -0.2) is 8.42 Å². The molecule has 18 heavy (non-hydrogen) atoms. The Balaban J connectivity index is 2.03. The third kappa shape index (κ3) is 1.86. The predicted molar refractivity (Wildman–Crippen MR) is 72.8 cm³/mol. The Morgan fingerprint density at radius 2 is 2.06 bits per heavy atom. The van der Waals surface area contributed by atoms with Crippen molar-refractivity contribution in [1.29, 1.82) is 0 Å². The van der Waals surface area contributed by atoms with Crippen LogP contribution < -0.4 is 10.6 Å². The molecule has 1 fully saturated rings. The average molecular weight is 266 g/mol. The van der Waals surface area contributed by atoms with Gasteiger partial charge < -0.3 is 10.6 Å². The molecule has 0 bridgehead atoms. The van der Waals surface area contributed by atoms with E-state index >= 15 is 0 Å². The molecule has 1 heterocycles. The lowest BCUT2D eigenvalue weighted by Gasteiger charge is -2.38. The fraction of sp³-hybridized carbons (Fsp3) is 0.538. The van der Waals surface area contributed by atoms with Gasteiger partial charge >= 0.3 is 0 Å². The van der Waals surface area contributed by atoms with Gasteiger partial charge in [-0.2, -0.15) is 0 Å². The molecule has 0 saturated heterocycles. The van der Waals surface area contributed by atoms with Crippen LogP contribution in [0.3, 0.4) is 0 Å². The minimum atomic E-state index is -3.19. The van der Waals surface area contributed by atoms with Crippen molar-refractivity contribution in [2.24, 2.45) is 5.92 Å². The van der Waals surface area contributed by atoms with Gasteiger partial charge in [-0.1, -0.05) is 6.07 Å². The molecule has 1 aliphatic heterocycles. The summed E-state index contributed by atoms with van der Waals surface area (Å²) in [5.41, 5.74) is 1.67. The molecule has 2 N–H and O–H groups in total. The van der Waals surface area contributed by atoms with Crippen LogP contribution in [-0.2, 0) is 9.84 Å². The molecular formula is C13H18N2O2S. The lowest BCUT2D eigenvalue weighted by atomic mass is 9.92. The van der Waals surface area contributed by atoms with Gasteiger partial charge in [0, 0.05) is 12.8 Å². The molecule has 1 unspecified atom stereocenters. The molecule has 1 aromatic rings. The number of nitrogens with one attached hydrogen (secondary N) is 2. The quantitative estimate of drug-likeness (QED) is 0.860. The van der Waals surface area contributed by atoms with Crippen molar-refractivity contribution in [3.05, 3.63) is 18.2 Å². The number of fused-ring (bicyclic) bond motifs is 1. The number of anilines is 2. The predicted octanol–water partition coefficient (Wildman–Crippen LogP) is 2.10. The molecule has 98 valence electrons. The van der Waals surface area contributed by atoms with Crippen molar-refractivity contribution >= 4 is 21.2 Å². The van der Waals surface area contributed by atoms with Crippen LogP contribution in [0.4, 0.5) is 11.4 Å². The summed E-state index contributed by atoms with van der Waals surface area (Å²) in [4.78, 5) is 0.380. The lowest BCUT2D eigenvalue weighted by molar-refractivity contribution is 0.465. The van der Waals surface area contributed by atoms with Crippen LogP contribution >= 0.6 is 0 Å². The Bertz CT molecular complexity index is 593. The largest absolute Gasteiger partial charge is 0.380 e. The summed E-state index contributed by atoms with van der Waals surface area (Å²) < 4.78 is 23.5. The van der Waals surface area contributed by atoms with Gasteiger partial charge in [-0.15, -0.1) is 0 Å². The Hall–Kier alpha value is -1.23. The molecule has 0 radical (unpaired) electrons. The summed E-state index contributed by atoms with van der Waals surface area (Å²) in [6.07, 6.45) is 3.76. The van der Waals surface area contributed by atoms with E-state index < -0.39 is 9.84 Å². The van der Waals surface area contributed by atoms with Crippen molar-refractivity contribution in [3.8, 4) is 0 Å². The van der Waals surface area contributed by atoms with Crippen LogP contribution in [0.2, 0.25) is 0 Å². The van der Waals surface area contributed by atoms with E-state index in [4.69, 9.17) is 0 Å². The highest BCUT2D eigenvalue weighted by molar-refractivity contribution is 7.90. The summed E-state index contributed by atoms with van der Waals surface area (Å²) >= 11 is 0. The molecular weight excluding hydrogens is 248 g/mol. The summed E-state index contributed by atoms with van der Waals surface area (Å²) in [5.74, 6) is 0.694. The zero-order valence-electron chi connectivity index (χ0n) is 10.7. The highest BCUT2D eigenvalue weighted by Crippen LogP contribution is 2.45. The van der Waals surface area contributed by atoms with Crippen LogP contribution in [0.1, 0.15) is 19.8 Å². The average Bonchev–Trinajstić information content (AvgIpc) is 3.10. The second kappa shape index (κ2) is 3.63. The fourth-order valence-corrected chi connectivity index (χ4v) is 3.60. The molecule has 1 saturated carbocycles. The molecule has 0 amide bonds. The first-order chi connectivity index (χ1) is 8.40. The van der Waals surface area contributed by atoms with Crippen molar-refractivity contribution < 1.29 is 8.42 Å². The van der Waals surface area contributed by atoms with Crippen LogP contribution in [0.25, 0.3) is 0 Å². The van der Waals surface area contributed by atoms with Crippen molar-refractivity contribution in [1.82, 2.24) is 0 Å². The molecule has 1 aliphatic carbocycles. The molecule has 2 aliphatic rings. The lowest BCUT2D eigenvalue weighted by Crippen LogP contribution is -2.47. The van der Waals surface area contributed by atoms with Crippen LogP contribution in [0.15, 0.2) is 23.1 Å². The maximum atomic E-state index is 11.7. The SMILES string of the molecule is CC1(C2CC2)CNc2c(cccc2S(C)(=O)=O)N1. The molecule has 0 aromatic heterocycles. The van der Waals surface area contributed by atoms with Crippen LogP contribution in [0, 0.1) is 5.92 Å². The highest BCUT2D eigenvalue weighted by atomic mass is 32.2. The molecule has 5 heteroatoms. The topological polar surface area (TPSA) is 58.2 Å². The van der Waals surface area contributed by atoms with E-state index in [0.29, 0.717) is 10.8 Å². The van der Waals surface area contributed by atoms with E-state index in [9.17, 15) is 8.42 Å². The standard InChI is InChI=1S/C13H18N2O2S/c1-13(9-6-7-9)8-14-12-10(15-13)4-3-5-11(12)18(2,16)17/h3-5,9,14-15H,6-8H2,1-2H3. The first kappa shape index (κ1) is 11.8. The molecule has 1 aromatic carbocycles. The van der Waals surface area contributed by atoms with Crippen LogP contribution in [-0.4, -0.2) is 26.8 Å². The second-order valence-corrected chi connectivity index (χ2v) is 7.61. The number of sulfone groups is 1. The monoisotopic (exact) mass is 266 g/mol. The Morgan fingerprint density at radius 3 is 2.67 bits per heavy atom. The maximum absolute atomic E-state index is 11.7. The number of rotatable bonds is 2. The van der Waals surface area contributed by atoms with Gasteiger partial charge in [0.25, 0.3) is 0 Å². The number of para-hydroxylation sites is 1. The first-order valence-electron chi connectivity index (χ1n) is 6.25. The first-order valence-corrected chi connectivity index (χ1v) is 8.14. The minimum absolute atomic E-state index is 0.0448. The van der Waals surface area contributed by atoms with Gasteiger partial charge in [0.1, 0.15) is 0 Å². The summed E-state index contributed by atoms with van der Waals surface area (Å²) in [7, 11) is -3.19. The molecule has 3 rings (SSSR count). The van der Waals surface area contributed by atoms with E-state index in [1.807, 2.05) is 6.07 Å². The maximum Gasteiger partial charge on any atom is 0.177 e.